The lowest BCUT2D eigenvalue weighted by molar-refractivity contribution is 0.0690. The number of aromatic nitrogens is 3. The third-order valence-electron chi connectivity index (χ3n) is 5.04. The van der Waals surface area contributed by atoms with Crippen molar-refractivity contribution in [2.24, 2.45) is 4.99 Å². The minimum Gasteiger partial charge on any atom is -0.476 e. The Morgan fingerprint density at radius 1 is 1.00 bits per heavy atom. The Labute approximate surface area is 187 Å². The summed E-state index contributed by atoms with van der Waals surface area (Å²) in [5.74, 6) is -0.704. The largest absolute Gasteiger partial charge is 0.476 e. The predicted molar refractivity (Wildman–Crippen MR) is 120 cm³/mol. The summed E-state index contributed by atoms with van der Waals surface area (Å²) in [5, 5.41) is 10.9. The quantitative estimate of drug-likeness (QED) is 0.461. The molecule has 1 aliphatic rings. The van der Waals surface area contributed by atoms with Crippen molar-refractivity contribution in [3.05, 3.63) is 99.4 Å². The number of carboxylic acid groups (broad SMARTS) is 1. The highest BCUT2D eigenvalue weighted by Crippen LogP contribution is 2.34. The second-order valence-electron chi connectivity index (χ2n) is 6.89. The summed E-state index contributed by atoms with van der Waals surface area (Å²) in [6.07, 6.45) is 1.64. The molecule has 0 fully saturated rings. The van der Waals surface area contributed by atoms with Crippen LogP contribution in [0.25, 0.3) is 17.2 Å². The van der Waals surface area contributed by atoms with Crippen LogP contribution in [0.2, 0.25) is 10.0 Å². The van der Waals surface area contributed by atoms with Gasteiger partial charge in [-0.25, -0.2) is 9.78 Å². The van der Waals surface area contributed by atoms with Gasteiger partial charge in [0.2, 0.25) is 0 Å². The molecule has 0 amide bonds. The minimum atomic E-state index is -1.13. The second-order valence-corrected chi connectivity index (χ2v) is 7.74. The Kier molecular flexibility index (Phi) is 4.81. The van der Waals surface area contributed by atoms with E-state index in [0.717, 1.165) is 11.1 Å². The van der Waals surface area contributed by atoms with Crippen LogP contribution < -0.4 is 0 Å². The molecule has 1 aliphatic heterocycles. The molecule has 6 nitrogen and oxygen atoms in total. The summed E-state index contributed by atoms with van der Waals surface area (Å²) in [4.78, 5) is 25.6. The number of aromatic carboxylic acids is 1. The Balaban J connectivity index is 1.85. The number of hydrogen-bond acceptors (Lipinski definition) is 4. The highest BCUT2D eigenvalue weighted by molar-refractivity contribution is 6.36. The van der Waals surface area contributed by atoms with Crippen LogP contribution in [0.15, 0.2) is 71.9 Å². The third-order valence-corrected chi connectivity index (χ3v) is 5.60. The standard InChI is InChI=1S/C23H14Cl2N4O2/c24-13-8-9-18-15(11-13)20(14-5-1-2-6-16(14)25)27-12-19-21(23(30)31)28-22(29(18)19)17-7-3-4-10-26-17/h1-11H,12H2,(H,30,31). The van der Waals surface area contributed by atoms with Crippen molar-refractivity contribution in [3.63, 3.8) is 0 Å². The molecule has 0 saturated carbocycles. The van der Waals surface area contributed by atoms with E-state index in [9.17, 15) is 9.90 Å². The van der Waals surface area contributed by atoms with E-state index in [1.165, 1.54) is 0 Å². The second kappa shape index (κ2) is 7.65. The van der Waals surface area contributed by atoms with Crippen molar-refractivity contribution in [2.45, 2.75) is 6.54 Å². The van der Waals surface area contributed by atoms with Gasteiger partial charge in [0.05, 0.1) is 23.6 Å². The summed E-state index contributed by atoms with van der Waals surface area (Å²) < 4.78 is 1.80. The highest BCUT2D eigenvalue weighted by atomic mass is 35.5. The Morgan fingerprint density at radius 3 is 2.55 bits per heavy atom. The Morgan fingerprint density at radius 2 is 1.81 bits per heavy atom. The van der Waals surface area contributed by atoms with Crippen LogP contribution >= 0.6 is 23.2 Å². The molecule has 2 aromatic carbocycles. The van der Waals surface area contributed by atoms with Gasteiger partial charge in [0.15, 0.2) is 11.5 Å². The van der Waals surface area contributed by atoms with E-state index in [2.05, 4.69) is 9.97 Å². The SMILES string of the molecule is O=C(O)c1nc(-c2ccccn2)n2c1CN=C(c1ccccc1Cl)c1cc(Cl)ccc1-2. The van der Waals surface area contributed by atoms with E-state index in [0.29, 0.717) is 38.7 Å². The monoisotopic (exact) mass is 448 g/mol. The number of carboxylic acids is 1. The summed E-state index contributed by atoms with van der Waals surface area (Å²) in [6, 6.07) is 18.2. The third kappa shape index (κ3) is 3.30. The summed E-state index contributed by atoms with van der Waals surface area (Å²) in [6.45, 7) is 0.105. The van der Waals surface area contributed by atoms with Gasteiger partial charge < -0.3 is 5.11 Å². The summed E-state index contributed by atoms with van der Waals surface area (Å²) >= 11 is 12.8. The predicted octanol–water partition coefficient (Wildman–Crippen LogP) is 5.29. The van der Waals surface area contributed by atoms with Crippen LogP contribution in [0.5, 0.6) is 0 Å². The van der Waals surface area contributed by atoms with Gasteiger partial charge in [-0.1, -0.05) is 47.5 Å². The van der Waals surface area contributed by atoms with Gasteiger partial charge in [-0.2, -0.15) is 0 Å². The average molecular weight is 449 g/mol. The molecule has 152 valence electrons. The first-order valence-corrected chi connectivity index (χ1v) is 10.2. The first kappa shape index (κ1) is 19.5. The molecule has 5 rings (SSSR count). The van der Waals surface area contributed by atoms with Crippen LogP contribution in [-0.4, -0.2) is 31.3 Å². The summed E-state index contributed by atoms with van der Waals surface area (Å²) in [7, 11) is 0. The van der Waals surface area contributed by atoms with E-state index in [-0.39, 0.29) is 12.2 Å². The van der Waals surface area contributed by atoms with Crippen molar-refractivity contribution in [1.29, 1.82) is 0 Å². The molecule has 0 radical (unpaired) electrons. The van der Waals surface area contributed by atoms with Gasteiger partial charge in [0.25, 0.3) is 0 Å². The fourth-order valence-electron chi connectivity index (χ4n) is 3.71. The number of hydrogen-bond donors (Lipinski definition) is 1. The maximum atomic E-state index is 12.0. The normalized spacial score (nSPS) is 12.5. The number of benzene rings is 2. The number of halogens is 2. The number of aliphatic imine (C=N–C) groups is 1. The van der Waals surface area contributed by atoms with E-state index in [4.69, 9.17) is 28.2 Å². The van der Waals surface area contributed by atoms with Crippen LogP contribution in [-0.2, 0) is 6.54 Å². The van der Waals surface area contributed by atoms with E-state index in [1.807, 2.05) is 30.3 Å². The summed E-state index contributed by atoms with van der Waals surface area (Å²) in [5.41, 5.74) is 3.75. The molecule has 0 atom stereocenters. The number of pyridine rings is 1. The number of carbonyl (C=O) groups is 1. The number of imidazole rings is 1. The Hall–Kier alpha value is -3.48. The van der Waals surface area contributed by atoms with Gasteiger partial charge in [0, 0.05) is 27.4 Å². The lowest BCUT2D eigenvalue weighted by atomic mass is 10.0. The Bertz CT molecular complexity index is 1360. The van der Waals surface area contributed by atoms with E-state index >= 15 is 0 Å². The zero-order valence-corrected chi connectivity index (χ0v) is 17.5. The first-order valence-electron chi connectivity index (χ1n) is 9.40. The van der Waals surface area contributed by atoms with Crippen molar-refractivity contribution in [1.82, 2.24) is 14.5 Å². The van der Waals surface area contributed by atoms with Crippen LogP contribution in [0.3, 0.4) is 0 Å². The van der Waals surface area contributed by atoms with E-state index in [1.54, 1.807) is 41.1 Å². The number of fused-ring (bicyclic) bond motifs is 3. The molecule has 1 N–H and O–H groups in total. The van der Waals surface area contributed by atoms with Crippen LogP contribution in [0.4, 0.5) is 0 Å². The molecule has 0 unspecified atom stereocenters. The number of rotatable bonds is 3. The zero-order valence-electron chi connectivity index (χ0n) is 16.0. The van der Waals surface area contributed by atoms with E-state index < -0.39 is 5.97 Å². The fraction of sp³-hybridized carbons (Fsp3) is 0.0435. The molecule has 0 spiro atoms. The smallest absolute Gasteiger partial charge is 0.356 e. The lowest BCUT2D eigenvalue weighted by Crippen LogP contribution is -2.09. The lowest BCUT2D eigenvalue weighted by Gasteiger charge is -2.15. The molecule has 0 aliphatic carbocycles. The van der Waals surface area contributed by atoms with Gasteiger partial charge >= 0.3 is 5.97 Å². The van der Waals surface area contributed by atoms with Crippen molar-refractivity contribution >= 4 is 34.9 Å². The molecular formula is C23H14Cl2N4O2. The van der Waals surface area contributed by atoms with Crippen molar-refractivity contribution in [2.75, 3.05) is 0 Å². The molecule has 0 saturated heterocycles. The molecule has 3 heterocycles. The topological polar surface area (TPSA) is 80.4 Å². The maximum absolute atomic E-state index is 12.0. The molecule has 31 heavy (non-hydrogen) atoms. The zero-order chi connectivity index (χ0) is 21.5. The highest BCUT2D eigenvalue weighted by Gasteiger charge is 2.29. The van der Waals surface area contributed by atoms with Gasteiger partial charge in [-0.15, -0.1) is 0 Å². The number of nitrogens with zero attached hydrogens (tertiary/aromatic N) is 4. The molecule has 0 bridgehead atoms. The maximum Gasteiger partial charge on any atom is 0.356 e. The molecule has 4 aromatic rings. The van der Waals surface area contributed by atoms with Gasteiger partial charge in [-0.3, -0.25) is 14.5 Å². The molecule has 8 heteroatoms. The average Bonchev–Trinajstić information content (AvgIpc) is 3.08. The molecule has 2 aromatic heterocycles. The van der Waals surface area contributed by atoms with Gasteiger partial charge in [-0.05, 0) is 36.4 Å². The minimum absolute atomic E-state index is 0.0642. The van der Waals surface area contributed by atoms with Crippen molar-refractivity contribution < 1.29 is 9.90 Å². The van der Waals surface area contributed by atoms with Gasteiger partial charge in [0.1, 0.15) is 5.69 Å². The van der Waals surface area contributed by atoms with Crippen LogP contribution in [0.1, 0.15) is 27.3 Å². The fourth-order valence-corrected chi connectivity index (χ4v) is 4.11. The van der Waals surface area contributed by atoms with Crippen molar-refractivity contribution in [3.8, 4) is 17.2 Å². The van der Waals surface area contributed by atoms with Crippen LogP contribution in [0, 0.1) is 0 Å². The first-order chi connectivity index (χ1) is 15.0. The molecular weight excluding hydrogens is 435 g/mol.